The summed E-state index contributed by atoms with van der Waals surface area (Å²) < 4.78 is 22.3. The second-order valence-corrected chi connectivity index (χ2v) is 17.7. The van der Waals surface area contributed by atoms with Crippen molar-refractivity contribution in [1.82, 2.24) is 26.4 Å². The highest BCUT2D eigenvalue weighted by atomic mass is 32.2. The van der Waals surface area contributed by atoms with Crippen LogP contribution >= 0.6 is 0 Å². The molecule has 0 aromatic rings. The Morgan fingerprint density at radius 1 is 0.939 bits per heavy atom. The largest absolute Gasteiger partial charge is 0.350 e. The molecule has 0 aromatic heterocycles. The smallest absolute Gasteiger partial charge is 0.289 e. The van der Waals surface area contributed by atoms with Gasteiger partial charge >= 0.3 is 0 Å². The number of likely N-dealkylation sites (N-methyl/N-ethyl adjacent to an activating group) is 1. The SMILES string of the molecule is CCCCC(NC(=O)[C@@H]1[C@@H]2C(CN1C(=O)[C@@H](NN[C@H](CC(CC)CCC[SH](=O)=O)C(C)(C)C)C1CCCCC1)C2(C)C)C(=O)C(=O)NCC. The van der Waals surface area contributed by atoms with E-state index in [-0.39, 0.29) is 52.2 Å². The quantitative estimate of drug-likeness (QED) is 0.0720. The van der Waals surface area contributed by atoms with Gasteiger partial charge in [0.1, 0.15) is 22.8 Å². The van der Waals surface area contributed by atoms with Crippen molar-refractivity contribution in [2.24, 2.45) is 34.5 Å². The van der Waals surface area contributed by atoms with Crippen LogP contribution in [-0.2, 0) is 29.9 Å². The van der Waals surface area contributed by atoms with Crippen molar-refractivity contribution in [3.8, 4) is 0 Å². The highest BCUT2D eigenvalue weighted by molar-refractivity contribution is 7.72. The van der Waals surface area contributed by atoms with Gasteiger partial charge in [0, 0.05) is 24.9 Å². The van der Waals surface area contributed by atoms with Gasteiger partial charge < -0.3 is 15.5 Å². The van der Waals surface area contributed by atoms with E-state index in [1.54, 1.807) is 11.8 Å². The third-order valence-corrected chi connectivity index (χ3v) is 12.4. The molecule has 3 amide bonds. The summed E-state index contributed by atoms with van der Waals surface area (Å²) in [5.41, 5.74) is 6.89. The predicted molar refractivity (Wildman–Crippen MR) is 194 cm³/mol. The fourth-order valence-corrected chi connectivity index (χ4v) is 8.77. The maximum absolute atomic E-state index is 14.7. The minimum atomic E-state index is -2.38. The van der Waals surface area contributed by atoms with Gasteiger partial charge in [-0.1, -0.05) is 87.0 Å². The molecule has 7 atom stereocenters. The summed E-state index contributed by atoms with van der Waals surface area (Å²) in [5.74, 6) is -0.912. The molecular weight excluding hydrogens is 643 g/mol. The molecule has 282 valence electrons. The van der Waals surface area contributed by atoms with Gasteiger partial charge in [-0.3, -0.25) is 24.6 Å². The lowest BCUT2D eigenvalue weighted by molar-refractivity contribution is -0.145. The highest BCUT2D eigenvalue weighted by Gasteiger charge is 2.69. The first-order chi connectivity index (χ1) is 23.1. The molecule has 3 aliphatic rings. The average molecular weight is 710 g/mol. The number of rotatable bonds is 20. The van der Waals surface area contributed by atoms with Gasteiger partial charge in [-0.25, -0.2) is 13.8 Å². The number of fused-ring (bicyclic) bond motifs is 1. The number of nitrogens with zero attached hydrogens (tertiary/aromatic N) is 1. The van der Waals surface area contributed by atoms with Crippen molar-refractivity contribution in [2.75, 3.05) is 18.8 Å². The Balaban J connectivity index is 1.84. The van der Waals surface area contributed by atoms with Crippen LogP contribution in [0.1, 0.15) is 132 Å². The van der Waals surface area contributed by atoms with E-state index in [2.05, 4.69) is 63.0 Å². The van der Waals surface area contributed by atoms with Crippen LogP contribution in [0.4, 0.5) is 0 Å². The molecule has 11 nitrogen and oxygen atoms in total. The number of carbonyl (C=O) groups is 4. The molecule has 3 rings (SSSR count). The summed E-state index contributed by atoms with van der Waals surface area (Å²) in [4.78, 5) is 56.3. The van der Waals surface area contributed by atoms with Crippen molar-refractivity contribution in [3.63, 3.8) is 0 Å². The average Bonchev–Trinajstić information content (AvgIpc) is 3.35. The van der Waals surface area contributed by atoms with Gasteiger partial charge in [-0.15, -0.1) is 0 Å². The fraction of sp³-hybridized carbons (Fsp3) is 0.892. The van der Waals surface area contributed by atoms with Gasteiger partial charge in [-0.05, 0) is 80.0 Å². The minimum absolute atomic E-state index is 0.0142. The molecule has 0 bridgehead atoms. The standard InChI is InChI=1S/C37H67N5O6S/c1-9-12-20-27(32(43)34(45)38-11-3)39-33(44)31-29-26(37(29,7)8)23-42(31)35(46)30(25-18-14-13-15-19-25)41-40-28(36(4,5)6)22-24(10-2)17-16-21-49(47)48/h24-31,40-41,49H,9-23H2,1-8H3,(H,38,45)(H,39,44)/t24?,26?,27?,28-,29+,30+,31+/m1/s1. The Labute approximate surface area is 297 Å². The number of likely N-dealkylation sites (tertiary alicyclic amines) is 1. The van der Waals surface area contributed by atoms with E-state index in [1.807, 2.05) is 6.92 Å². The topological polar surface area (TPSA) is 154 Å². The van der Waals surface area contributed by atoms with Crippen molar-refractivity contribution >= 4 is 34.2 Å². The molecule has 49 heavy (non-hydrogen) atoms. The normalized spacial score (nSPS) is 24.5. The lowest BCUT2D eigenvalue weighted by Crippen LogP contribution is -2.62. The number of piperidine rings is 1. The third-order valence-electron chi connectivity index (χ3n) is 11.7. The number of thiol groups is 1. The molecule has 2 saturated carbocycles. The summed E-state index contributed by atoms with van der Waals surface area (Å²) in [6.07, 6.45) is 10.3. The van der Waals surface area contributed by atoms with Gasteiger partial charge in [0.25, 0.3) is 5.91 Å². The van der Waals surface area contributed by atoms with Crippen LogP contribution in [0.5, 0.6) is 0 Å². The molecule has 0 spiro atoms. The summed E-state index contributed by atoms with van der Waals surface area (Å²) in [6.45, 7) is 17.5. The maximum Gasteiger partial charge on any atom is 0.289 e. The van der Waals surface area contributed by atoms with Crippen LogP contribution in [0.2, 0.25) is 0 Å². The molecule has 1 aliphatic heterocycles. The van der Waals surface area contributed by atoms with E-state index in [4.69, 9.17) is 0 Å². The zero-order valence-corrected chi connectivity index (χ0v) is 32.5. The van der Waals surface area contributed by atoms with E-state index >= 15 is 0 Å². The van der Waals surface area contributed by atoms with Crippen LogP contribution < -0.4 is 21.5 Å². The number of amides is 3. The van der Waals surface area contributed by atoms with E-state index in [9.17, 15) is 27.6 Å². The van der Waals surface area contributed by atoms with E-state index < -0.39 is 40.5 Å². The number of Topliss-reactive ketones (excluding diaryl/α,β-unsaturated/α-hetero) is 1. The first-order valence-corrected chi connectivity index (χ1v) is 20.5. The molecule has 3 unspecified atom stereocenters. The first-order valence-electron chi connectivity index (χ1n) is 19.1. The molecule has 3 fully saturated rings. The Hall–Kier alpha value is -2.05. The molecule has 0 radical (unpaired) electrons. The van der Waals surface area contributed by atoms with Gasteiger partial charge in [0.2, 0.25) is 17.6 Å². The number of unbranched alkanes of at least 4 members (excludes halogenated alkanes) is 1. The predicted octanol–water partition coefficient (Wildman–Crippen LogP) is 4.12. The van der Waals surface area contributed by atoms with Crippen LogP contribution in [0.15, 0.2) is 0 Å². The Bertz CT molecular complexity index is 1200. The van der Waals surface area contributed by atoms with Gasteiger partial charge in [0.15, 0.2) is 0 Å². The number of hydrogen-bond acceptors (Lipinski definition) is 8. The van der Waals surface area contributed by atoms with Crippen LogP contribution in [0.25, 0.3) is 0 Å². The molecule has 12 heteroatoms. The van der Waals surface area contributed by atoms with E-state index in [0.29, 0.717) is 38.3 Å². The molecule has 2 aliphatic carbocycles. The number of carbonyl (C=O) groups excluding carboxylic acids is 4. The van der Waals surface area contributed by atoms with Crippen molar-refractivity contribution in [1.29, 1.82) is 0 Å². The van der Waals surface area contributed by atoms with E-state index in [0.717, 1.165) is 57.8 Å². The van der Waals surface area contributed by atoms with Crippen LogP contribution in [-0.4, -0.2) is 79.8 Å². The first kappa shape index (κ1) is 41.4. The van der Waals surface area contributed by atoms with Crippen molar-refractivity contribution < 1.29 is 27.6 Å². The molecule has 1 saturated heterocycles. The maximum atomic E-state index is 14.7. The Morgan fingerprint density at radius 3 is 2.18 bits per heavy atom. The zero-order chi connectivity index (χ0) is 36.5. The monoisotopic (exact) mass is 709 g/mol. The number of nitrogens with one attached hydrogen (secondary N) is 4. The summed E-state index contributed by atoms with van der Waals surface area (Å²) in [6, 6.07) is -2.12. The summed E-state index contributed by atoms with van der Waals surface area (Å²) >= 11 is 0. The molecule has 1 heterocycles. The second-order valence-electron chi connectivity index (χ2n) is 16.6. The molecule has 0 aromatic carbocycles. The van der Waals surface area contributed by atoms with Crippen molar-refractivity contribution in [3.05, 3.63) is 0 Å². The number of hydrazine groups is 1. The lowest BCUT2D eigenvalue weighted by Gasteiger charge is -2.40. The third kappa shape index (κ3) is 11.0. The Kier molecular flexibility index (Phi) is 15.6. The number of hydrogen-bond donors (Lipinski definition) is 5. The lowest BCUT2D eigenvalue weighted by atomic mass is 9.79. The Morgan fingerprint density at radius 2 is 1.61 bits per heavy atom. The van der Waals surface area contributed by atoms with Crippen LogP contribution in [0.3, 0.4) is 0 Å². The number of ketones is 1. The van der Waals surface area contributed by atoms with E-state index in [1.165, 1.54) is 0 Å². The molecule has 4 N–H and O–H groups in total. The van der Waals surface area contributed by atoms with Gasteiger partial charge in [-0.2, -0.15) is 0 Å². The zero-order valence-electron chi connectivity index (χ0n) is 31.6. The van der Waals surface area contributed by atoms with Gasteiger partial charge in [0.05, 0.1) is 6.04 Å². The summed E-state index contributed by atoms with van der Waals surface area (Å²) in [7, 11) is -2.38. The fourth-order valence-electron chi connectivity index (χ4n) is 8.33. The van der Waals surface area contributed by atoms with Crippen LogP contribution in [0, 0.1) is 34.5 Å². The van der Waals surface area contributed by atoms with Crippen molar-refractivity contribution in [2.45, 2.75) is 157 Å². The highest BCUT2D eigenvalue weighted by Crippen LogP contribution is 2.65. The minimum Gasteiger partial charge on any atom is -0.350 e. The second kappa shape index (κ2) is 18.4. The summed E-state index contributed by atoms with van der Waals surface area (Å²) in [5, 5.41) is 5.51. The molecular formula is C37H67N5O6S.